The molecule has 0 bridgehead atoms. The highest BCUT2D eigenvalue weighted by Gasteiger charge is 2.28. The molecule has 1 fully saturated rings. The summed E-state index contributed by atoms with van der Waals surface area (Å²) in [6, 6.07) is 5.97. The van der Waals surface area contributed by atoms with Gasteiger partial charge in [0.05, 0.1) is 5.38 Å². The van der Waals surface area contributed by atoms with E-state index in [-0.39, 0.29) is 5.38 Å². The second-order valence-corrected chi connectivity index (χ2v) is 4.15. The maximum atomic E-state index is 6.14. The maximum Gasteiger partial charge on any atom is 0.128 e. The van der Waals surface area contributed by atoms with Gasteiger partial charge in [0.2, 0.25) is 0 Å². The molecule has 0 amide bonds. The Morgan fingerprint density at radius 3 is 2.85 bits per heavy atom. The molecule has 2 rings (SSSR count). The highest BCUT2D eigenvalue weighted by Crippen LogP contribution is 2.25. The first-order valence-corrected chi connectivity index (χ1v) is 5.01. The van der Waals surface area contributed by atoms with Crippen LogP contribution in [0.3, 0.4) is 0 Å². The molecule has 2 nitrogen and oxygen atoms in total. The van der Waals surface area contributed by atoms with E-state index in [1.165, 1.54) is 0 Å². The van der Waals surface area contributed by atoms with Crippen LogP contribution in [-0.2, 0) is 0 Å². The molecule has 1 aromatic rings. The molecule has 0 N–H and O–H groups in total. The van der Waals surface area contributed by atoms with Gasteiger partial charge >= 0.3 is 0 Å². The lowest BCUT2D eigenvalue weighted by atomic mass is 10.2. The number of aromatic nitrogens is 1. The lowest BCUT2D eigenvalue weighted by Crippen LogP contribution is -2.20. The van der Waals surface area contributed by atoms with Crippen molar-refractivity contribution in [2.45, 2.75) is 12.3 Å². The van der Waals surface area contributed by atoms with Crippen molar-refractivity contribution < 1.29 is 0 Å². The molecular formula is C10H13ClN2. The molecule has 2 heterocycles. The van der Waals surface area contributed by atoms with Crippen LogP contribution in [-0.4, -0.2) is 23.5 Å². The van der Waals surface area contributed by atoms with Gasteiger partial charge in [-0.2, -0.15) is 0 Å². The normalized spacial score (nSPS) is 28.0. The fraction of sp³-hybridized carbons (Fsp3) is 0.500. The van der Waals surface area contributed by atoms with Gasteiger partial charge < -0.3 is 4.90 Å². The number of halogens is 1. The van der Waals surface area contributed by atoms with Crippen molar-refractivity contribution in [2.24, 2.45) is 5.92 Å². The van der Waals surface area contributed by atoms with Crippen molar-refractivity contribution >= 4 is 17.4 Å². The number of nitrogens with zero attached hydrogens (tertiary/aromatic N) is 2. The zero-order chi connectivity index (χ0) is 9.26. The number of alkyl halides is 1. The fourth-order valence-electron chi connectivity index (χ4n) is 1.65. The summed E-state index contributed by atoms with van der Waals surface area (Å²) >= 11 is 6.14. The minimum atomic E-state index is 0.266. The summed E-state index contributed by atoms with van der Waals surface area (Å²) in [5.41, 5.74) is 0. The lowest BCUT2D eigenvalue weighted by Gasteiger charge is -2.15. The van der Waals surface area contributed by atoms with Crippen LogP contribution in [0.25, 0.3) is 0 Å². The van der Waals surface area contributed by atoms with E-state index in [1.807, 2.05) is 24.4 Å². The van der Waals surface area contributed by atoms with E-state index in [0.29, 0.717) is 5.92 Å². The zero-order valence-electron chi connectivity index (χ0n) is 7.65. The van der Waals surface area contributed by atoms with Crippen LogP contribution in [0.15, 0.2) is 24.4 Å². The summed E-state index contributed by atoms with van der Waals surface area (Å²) in [6.07, 6.45) is 1.82. The van der Waals surface area contributed by atoms with Crippen LogP contribution < -0.4 is 4.90 Å². The molecule has 0 spiro atoms. The second kappa shape index (κ2) is 3.54. The van der Waals surface area contributed by atoms with Crippen molar-refractivity contribution in [2.75, 3.05) is 18.0 Å². The monoisotopic (exact) mass is 196 g/mol. The van der Waals surface area contributed by atoms with E-state index in [1.54, 1.807) is 0 Å². The van der Waals surface area contributed by atoms with Gasteiger partial charge in [-0.1, -0.05) is 13.0 Å². The second-order valence-electron chi connectivity index (χ2n) is 3.59. The average Bonchev–Trinajstić information content (AvgIpc) is 2.49. The summed E-state index contributed by atoms with van der Waals surface area (Å²) in [6.45, 7) is 4.12. The largest absolute Gasteiger partial charge is 0.355 e. The molecule has 0 radical (unpaired) electrons. The Hall–Kier alpha value is -0.760. The van der Waals surface area contributed by atoms with E-state index in [2.05, 4.69) is 16.8 Å². The number of hydrogen-bond donors (Lipinski definition) is 0. The van der Waals surface area contributed by atoms with Gasteiger partial charge in [0, 0.05) is 19.3 Å². The number of anilines is 1. The van der Waals surface area contributed by atoms with Crippen LogP contribution in [0.2, 0.25) is 0 Å². The topological polar surface area (TPSA) is 16.1 Å². The maximum absolute atomic E-state index is 6.14. The van der Waals surface area contributed by atoms with Crippen LogP contribution >= 0.6 is 11.6 Å². The SMILES string of the molecule is CC1CN(c2ccccn2)CC1Cl. The summed E-state index contributed by atoms with van der Waals surface area (Å²) in [7, 11) is 0. The third kappa shape index (κ3) is 1.78. The van der Waals surface area contributed by atoms with Gasteiger partial charge in [-0.25, -0.2) is 4.98 Å². The predicted molar refractivity (Wildman–Crippen MR) is 55.3 cm³/mol. The average molecular weight is 197 g/mol. The Kier molecular flexibility index (Phi) is 2.40. The standard InChI is InChI=1S/C10H13ClN2/c1-8-6-13(7-9(8)11)10-4-2-3-5-12-10/h2-5,8-9H,6-7H2,1H3. The van der Waals surface area contributed by atoms with Crippen LogP contribution in [0.5, 0.6) is 0 Å². The molecule has 1 saturated heterocycles. The van der Waals surface area contributed by atoms with Gasteiger partial charge in [-0.05, 0) is 18.1 Å². The zero-order valence-corrected chi connectivity index (χ0v) is 8.41. The van der Waals surface area contributed by atoms with Crippen molar-refractivity contribution in [1.82, 2.24) is 4.98 Å². The Morgan fingerprint density at radius 1 is 1.46 bits per heavy atom. The van der Waals surface area contributed by atoms with Crippen molar-refractivity contribution in [3.05, 3.63) is 24.4 Å². The molecule has 0 saturated carbocycles. The first kappa shape index (κ1) is 8.82. The molecular weight excluding hydrogens is 184 g/mol. The van der Waals surface area contributed by atoms with Crippen molar-refractivity contribution in [3.8, 4) is 0 Å². The Labute approximate surface area is 83.5 Å². The predicted octanol–water partition coefficient (Wildman–Crippen LogP) is 2.15. The molecule has 1 aliphatic rings. The third-order valence-electron chi connectivity index (χ3n) is 2.49. The molecule has 3 heteroatoms. The molecule has 1 aliphatic heterocycles. The minimum absolute atomic E-state index is 0.266. The Balaban J connectivity index is 2.12. The van der Waals surface area contributed by atoms with Crippen LogP contribution in [0.4, 0.5) is 5.82 Å². The van der Waals surface area contributed by atoms with Crippen LogP contribution in [0.1, 0.15) is 6.92 Å². The quantitative estimate of drug-likeness (QED) is 0.640. The van der Waals surface area contributed by atoms with Crippen molar-refractivity contribution in [3.63, 3.8) is 0 Å². The van der Waals surface area contributed by atoms with Gasteiger partial charge in [-0.3, -0.25) is 0 Å². The van der Waals surface area contributed by atoms with E-state index in [0.717, 1.165) is 18.9 Å². The van der Waals surface area contributed by atoms with E-state index >= 15 is 0 Å². The van der Waals surface area contributed by atoms with E-state index in [4.69, 9.17) is 11.6 Å². The molecule has 1 aromatic heterocycles. The van der Waals surface area contributed by atoms with Gasteiger partial charge in [-0.15, -0.1) is 11.6 Å². The first-order chi connectivity index (χ1) is 6.27. The van der Waals surface area contributed by atoms with Crippen LogP contribution in [0, 0.1) is 5.92 Å². The molecule has 0 aromatic carbocycles. The summed E-state index contributed by atoms with van der Waals surface area (Å²) < 4.78 is 0. The number of rotatable bonds is 1. The van der Waals surface area contributed by atoms with Gasteiger partial charge in [0.15, 0.2) is 0 Å². The lowest BCUT2D eigenvalue weighted by molar-refractivity contribution is 0.666. The molecule has 0 aliphatic carbocycles. The third-order valence-corrected chi connectivity index (χ3v) is 3.06. The van der Waals surface area contributed by atoms with E-state index < -0.39 is 0 Å². The highest BCUT2D eigenvalue weighted by atomic mass is 35.5. The Morgan fingerprint density at radius 2 is 2.31 bits per heavy atom. The molecule has 2 unspecified atom stereocenters. The summed E-state index contributed by atoms with van der Waals surface area (Å²) in [4.78, 5) is 6.54. The first-order valence-electron chi connectivity index (χ1n) is 4.57. The molecule has 2 atom stereocenters. The van der Waals surface area contributed by atoms with Crippen molar-refractivity contribution in [1.29, 1.82) is 0 Å². The van der Waals surface area contributed by atoms with Gasteiger partial charge in [0.25, 0.3) is 0 Å². The minimum Gasteiger partial charge on any atom is -0.355 e. The molecule has 70 valence electrons. The fourth-order valence-corrected chi connectivity index (χ4v) is 1.90. The Bertz CT molecular complexity index is 266. The smallest absolute Gasteiger partial charge is 0.128 e. The van der Waals surface area contributed by atoms with E-state index in [9.17, 15) is 0 Å². The molecule has 13 heavy (non-hydrogen) atoms. The number of hydrogen-bond acceptors (Lipinski definition) is 2. The summed E-state index contributed by atoms with van der Waals surface area (Å²) in [5, 5.41) is 0.266. The highest BCUT2D eigenvalue weighted by molar-refractivity contribution is 6.21. The number of pyridine rings is 1. The van der Waals surface area contributed by atoms with Gasteiger partial charge in [0.1, 0.15) is 5.82 Å². The summed E-state index contributed by atoms with van der Waals surface area (Å²) in [5.74, 6) is 1.60.